The van der Waals surface area contributed by atoms with Gasteiger partial charge in [0.15, 0.2) is 0 Å². The third-order valence-corrected chi connectivity index (χ3v) is 1.28. The van der Waals surface area contributed by atoms with Crippen molar-refractivity contribution in [1.82, 2.24) is 15.3 Å². The van der Waals surface area contributed by atoms with E-state index in [1.807, 2.05) is 12.1 Å². The summed E-state index contributed by atoms with van der Waals surface area (Å²) >= 11 is 0. The molecule has 1 fully saturated rings. The number of nitrogens with zero attached hydrogens (tertiary/aromatic N) is 2. The fraction of sp³-hybridized carbons (Fsp3) is 1.00. The number of hydrogen-bond donors (Lipinski definition) is 2. The summed E-state index contributed by atoms with van der Waals surface area (Å²) in [6.45, 7) is 1.69. The first-order valence-corrected chi connectivity index (χ1v) is 2.62. The van der Waals surface area contributed by atoms with Gasteiger partial charge in [0.25, 0.3) is 0 Å². The minimum absolute atomic E-state index is 0.101. The molecule has 1 aliphatic rings. The summed E-state index contributed by atoms with van der Waals surface area (Å²) in [4.78, 5) is 0. The highest BCUT2D eigenvalue weighted by molar-refractivity contribution is 4.53. The van der Waals surface area contributed by atoms with Gasteiger partial charge in [0.1, 0.15) is 6.73 Å². The van der Waals surface area contributed by atoms with Gasteiger partial charge in [-0.2, -0.15) is 0 Å². The molecule has 0 spiro atoms. The zero-order chi connectivity index (χ0) is 5.98. The quantitative estimate of drug-likeness (QED) is 0.443. The maximum absolute atomic E-state index is 8.58. The third kappa shape index (κ3) is 0.976. The summed E-state index contributed by atoms with van der Waals surface area (Å²) in [6, 6.07) is 0. The van der Waals surface area contributed by atoms with Gasteiger partial charge in [-0.25, -0.2) is 10.0 Å². The Kier molecular flexibility index (Phi) is 1.80. The van der Waals surface area contributed by atoms with Crippen molar-refractivity contribution in [2.24, 2.45) is 0 Å². The molecule has 0 unspecified atom stereocenters. The molecule has 2 N–H and O–H groups in total. The monoisotopic (exact) mass is 117 g/mol. The highest BCUT2D eigenvalue weighted by atomic mass is 16.3. The van der Waals surface area contributed by atoms with Crippen LogP contribution >= 0.6 is 0 Å². The molecular formula is C4H11N3O. The van der Waals surface area contributed by atoms with Crippen LogP contribution in [-0.2, 0) is 0 Å². The van der Waals surface area contributed by atoms with Crippen LogP contribution in [0.5, 0.6) is 0 Å². The molecule has 0 saturated carbocycles. The van der Waals surface area contributed by atoms with E-state index in [1.54, 1.807) is 5.01 Å². The van der Waals surface area contributed by atoms with Crippen molar-refractivity contribution in [2.75, 3.05) is 27.1 Å². The van der Waals surface area contributed by atoms with Crippen molar-refractivity contribution in [3.05, 3.63) is 0 Å². The summed E-state index contributed by atoms with van der Waals surface area (Å²) in [5.74, 6) is 0. The maximum atomic E-state index is 8.58. The van der Waals surface area contributed by atoms with Crippen LogP contribution in [0, 0.1) is 0 Å². The molecule has 0 aromatic heterocycles. The van der Waals surface area contributed by atoms with E-state index in [0.29, 0.717) is 0 Å². The van der Waals surface area contributed by atoms with Crippen LogP contribution in [0.25, 0.3) is 0 Å². The fourth-order valence-electron chi connectivity index (χ4n) is 0.720. The molecule has 0 aromatic rings. The molecule has 0 atom stereocenters. The third-order valence-electron chi connectivity index (χ3n) is 1.28. The molecule has 0 amide bonds. The minimum Gasteiger partial charge on any atom is -0.380 e. The van der Waals surface area contributed by atoms with Gasteiger partial charge in [0, 0.05) is 7.05 Å². The number of rotatable bonds is 1. The zero-order valence-electron chi connectivity index (χ0n) is 4.96. The predicted octanol–water partition coefficient (Wildman–Crippen LogP) is -1.40. The van der Waals surface area contributed by atoms with E-state index in [4.69, 9.17) is 5.11 Å². The Balaban J connectivity index is 2.30. The molecule has 48 valence electrons. The lowest BCUT2D eigenvalue weighted by molar-refractivity contribution is -0.0229. The highest BCUT2D eigenvalue weighted by Gasteiger charge is 2.14. The van der Waals surface area contributed by atoms with E-state index in [-0.39, 0.29) is 6.73 Å². The van der Waals surface area contributed by atoms with Crippen molar-refractivity contribution in [2.45, 2.75) is 0 Å². The Bertz CT molecular complexity index is 77.7. The second-order valence-electron chi connectivity index (χ2n) is 1.87. The molecule has 0 aromatic carbocycles. The Morgan fingerprint density at radius 1 is 1.62 bits per heavy atom. The highest BCUT2D eigenvalue weighted by Crippen LogP contribution is 1.94. The summed E-state index contributed by atoms with van der Waals surface area (Å²) in [5.41, 5.74) is 0. The van der Waals surface area contributed by atoms with E-state index < -0.39 is 0 Å². The van der Waals surface area contributed by atoms with Gasteiger partial charge in [-0.05, 0) is 0 Å². The normalized spacial score (nSPS) is 24.8. The number of nitrogens with one attached hydrogen (secondary N) is 1. The van der Waals surface area contributed by atoms with Crippen molar-refractivity contribution < 1.29 is 5.11 Å². The van der Waals surface area contributed by atoms with Gasteiger partial charge >= 0.3 is 0 Å². The molecular weight excluding hydrogens is 106 g/mol. The molecule has 4 heteroatoms. The molecule has 0 bridgehead atoms. The summed E-state index contributed by atoms with van der Waals surface area (Å²) < 4.78 is 0. The van der Waals surface area contributed by atoms with Crippen LogP contribution in [0.15, 0.2) is 0 Å². The SMILES string of the molecule is CN1CNCN1CO. The largest absolute Gasteiger partial charge is 0.380 e. The number of hydrazine groups is 1. The maximum Gasteiger partial charge on any atom is 0.110 e. The van der Waals surface area contributed by atoms with Gasteiger partial charge < -0.3 is 5.11 Å². The van der Waals surface area contributed by atoms with Crippen molar-refractivity contribution in [1.29, 1.82) is 0 Å². The Morgan fingerprint density at radius 3 is 2.62 bits per heavy atom. The summed E-state index contributed by atoms with van der Waals surface area (Å²) in [5, 5.41) is 15.4. The zero-order valence-corrected chi connectivity index (χ0v) is 4.96. The fourth-order valence-corrected chi connectivity index (χ4v) is 0.720. The first-order chi connectivity index (χ1) is 3.84. The summed E-state index contributed by atoms with van der Waals surface area (Å²) in [7, 11) is 1.93. The van der Waals surface area contributed by atoms with Gasteiger partial charge in [-0.15, -0.1) is 0 Å². The van der Waals surface area contributed by atoms with Crippen molar-refractivity contribution in [3.63, 3.8) is 0 Å². The van der Waals surface area contributed by atoms with Gasteiger partial charge in [-0.1, -0.05) is 0 Å². The molecule has 1 heterocycles. The molecule has 8 heavy (non-hydrogen) atoms. The van der Waals surface area contributed by atoms with E-state index in [1.165, 1.54) is 0 Å². The topological polar surface area (TPSA) is 38.7 Å². The second kappa shape index (κ2) is 2.41. The molecule has 0 aliphatic carbocycles. The van der Waals surface area contributed by atoms with Gasteiger partial charge in [0.05, 0.1) is 13.3 Å². The first kappa shape index (κ1) is 5.97. The summed E-state index contributed by atoms with van der Waals surface area (Å²) in [6.07, 6.45) is 0. The van der Waals surface area contributed by atoms with E-state index in [0.717, 1.165) is 13.3 Å². The number of aliphatic hydroxyl groups excluding tert-OH is 1. The molecule has 1 aliphatic heterocycles. The lowest BCUT2D eigenvalue weighted by atomic mass is 11.0. The average molecular weight is 117 g/mol. The van der Waals surface area contributed by atoms with Crippen LogP contribution < -0.4 is 5.32 Å². The minimum atomic E-state index is 0.101. The van der Waals surface area contributed by atoms with Crippen LogP contribution in [0.3, 0.4) is 0 Å². The van der Waals surface area contributed by atoms with E-state index >= 15 is 0 Å². The molecule has 4 nitrogen and oxygen atoms in total. The number of hydrogen-bond acceptors (Lipinski definition) is 4. The van der Waals surface area contributed by atoms with Gasteiger partial charge in [0.2, 0.25) is 0 Å². The lowest BCUT2D eigenvalue weighted by Crippen LogP contribution is -2.33. The predicted molar refractivity (Wildman–Crippen MR) is 29.6 cm³/mol. The average Bonchev–Trinajstić information content (AvgIpc) is 2.14. The number of aliphatic hydroxyl groups is 1. The van der Waals surface area contributed by atoms with Crippen LogP contribution in [0.1, 0.15) is 0 Å². The van der Waals surface area contributed by atoms with Crippen molar-refractivity contribution >= 4 is 0 Å². The van der Waals surface area contributed by atoms with E-state index in [2.05, 4.69) is 5.32 Å². The molecule has 1 rings (SSSR count). The Labute approximate surface area is 48.7 Å². The Morgan fingerprint density at radius 2 is 2.38 bits per heavy atom. The lowest BCUT2D eigenvalue weighted by Gasteiger charge is -2.18. The smallest absolute Gasteiger partial charge is 0.110 e. The Hall–Kier alpha value is -0.160. The van der Waals surface area contributed by atoms with Gasteiger partial charge in [-0.3, -0.25) is 5.32 Å². The molecule has 0 radical (unpaired) electrons. The molecule has 1 saturated heterocycles. The van der Waals surface area contributed by atoms with E-state index in [9.17, 15) is 0 Å². The van der Waals surface area contributed by atoms with Crippen LogP contribution in [0.2, 0.25) is 0 Å². The van der Waals surface area contributed by atoms with Crippen molar-refractivity contribution in [3.8, 4) is 0 Å². The van der Waals surface area contributed by atoms with Crippen LogP contribution in [0.4, 0.5) is 0 Å². The second-order valence-corrected chi connectivity index (χ2v) is 1.87. The standard InChI is InChI=1S/C4H11N3O/c1-6-2-5-3-7(6)4-8/h5,8H,2-4H2,1H3. The first-order valence-electron chi connectivity index (χ1n) is 2.62. The van der Waals surface area contributed by atoms with Crippen LogP contribution in [-0.4, -0.2) is 42.2 Å².